The van der Waals surface area contributed by atoms with Gasteiger partial charge >= 0.3 is 5.97 Å². The number of ketones is 1. The second kappa shape index (κ2) is 7.43. The van der Waals surface area contributed by atoms with Gasteiger partial charge in [-0.3, -0.25) is 9.59 Å². The lowest BCUT2D eigenvalue weighted by molar-refractivity contribution is -0.144. The molecule has 0 bridgehead atoms. The highest BCUT2D eigenvalue weighted by Crippen LogP contribution is 2.52. The number of nitrogens with two attached hydrogens (primary N) is 1. The lowest BCUT2D eigenvalue weighted by atomic mass is 9.66. The summed E-state index contributed by atoms with van der Waals surface area (Å²) >= 11 is 0. The van der Waals surface area contributed by atoms with Crippen molar-refractivity contribution in [1.29, 1.82) is 0 Å². The Morgan fingerprint density at radius 3 is 2.35 bits per heavy atom. The third-order valence-corrected chi connectivity index (χ3v) is 5.34. The van der Waals surface area contributed by atoms with Crippen LogP contribution in [0.3, 0.4) is 0 Å². The molecule has 1 amide bonds. The predicted octanol–water partition coefficient (Wildman–Crippen LogP) is 3.19. The molecule has 158 valence electrons. The van der Waals surface area contributed by atoms with Gasteiger partial charge in [0.05, 0.1) is 11.7 Å². The van der Waals surface area contributed by atoms with Crippen molar-refractivity contribution in [3.8, 4) is 0 Å². The summed E-state index contributed by atoms with van der Waals surface area (Å²) < 4.78 is 11.1. The fourth-order valence-corrected chi connectivity index (χ4v) is 4.19. The molecule has 2 aliphatic heterocycles. The van der Waals surface area contributed by atoms with E-state index in [1.807, 2.05) is 0 Å². The summed E-state index contributed by atoms with van der Waals surface area (Å²) in [6.07, 6.45) is -0.468. The van der Waals surface area contributed by atoms with E-state index in [-0.39, 0.29) is 22.8 Å². The summed E-state index contributed by atoms with van der Waals surface area (Å²) in [5.41, 5.74) is 5.48. The van der Waals surface area contributed by atoms with Gasteiger partial charge in [-0.2, -0.15) is 0 Å². The van der Waals surface area contributed by atoms with Gasteiger partial charge in [-0.1, -0.05) is 48.5 Å². The highest BCUT2D eigenvalue weighted by atomic mass is 16.5. The number of rotatable bonds is 4. The number of amides is 1. The van der Waals surface area contributed by atoms with Crippen molar-refractivity contribution in [1.82, 2.24) is 0 Å². The maximum Gasteiger partial charge on any atom is 0.341 e. The maximum atomic E-state index is 13.7. The normalized spacial score (nSPS) is 19.9. The van der Waals surface area contributed by atoms with E-state index in [1.54, 1.807) is 75.4 Å². The van der Waals surface area contributed by atoms with Crippen molar-refractivity contribution in [3.05, 3.63) is 88.5 Å². The largest absolute Gasteiger partial charge is 0.459 e. The first-order valence-electron chi connectivity index (χ1n) is 9.89. The molecule has 0 saturated heterocycles. The van der Waals surface area contributed by atoms with Crippen molar-refractivity contribution in [2.24, 2.45) is 5.73 Å². The van der Waals surface area contributed by atoms with Crippen LogP contribution < -0.4 is 11.1 Å². The van der Waals surface area contributed by atoms with Gasteiger partial charge in [-0.25, -0.2) is 4.79 Å². The third-order valence-electron chi connectivity index (χ3n) is 5.34. The van der Waals surface area contributed by atoms with Crippen molar-refractivity contribution in [2.75, 3.05) is 5.32 Å². The first kappa shape index (κ1) is 20.4. The zero-order valence-corrected chi connectivity index (χ0v) is 17.4. The average Bonchev–Trinajstić information content (AvgIpc) is 3.00. The molecule has 0 fully saturated rings. The fraction of sp³-hybridized carbons (Fsp3) is 0.208. The highest BCUT2D eigenvalue weighted by Gasteiger charge is 2.61. The Bertz CT molecular complexity index is 1160. The first-order chi connectivity index (χ1) is 14.8. The van der Waals surface area contributed by atoms with E-state index in [1.165, 1.54) is 0 Å². The van der Waals surface area contributed by atoms with E-state index in [0.717, 1.165) is 0 Å². The van der Waals surface area contributed by atoms with Crippen LogP contribution in [0.25, 0.3) is 0 Å². The molecule has 2 heterocycles. The highest BCUT2D eigenvalue weighted by molar-refractivity contribution is 6.25. The number of esters is 1. The van der Waals surface area contributed by atoms with Crippen LogP contribution in [-0.2, 0) is 24.5 Å². The van der Waals surface area contributed by atoms with Crippen LogP contribution in [0.5, 0.6) is 0 Å². The van der Waals surface area contributed by atoms with Crippen LogP contribution in [0.15, 0.2) is 77.4 Å². The molecule has 1 spiro atoms. The fourth-order valence-electron chi connectivity index (χ4n) is 4.19. The number of para-hydroxylation sites is 1. The quantitative estimate of drug-likeness (QED) is 0.583. The number of carbonyl (C=O) groups excluding carboxylic acids is 3. The van der Waals surface area contributed by atoms with Gasteiger partial charge in [0.1, 0.15) is 16.7 Å². The molecule has 1 unspecified atom stereocenters. The molecular formula is C24H22N2O5. The van der Waals surface area contributed by atoms with E-state index >= 15 is 0 Å². The monoisotopic (exact) mass is 418 g/mol. The molecule has 7 nitrogen and oxygen atoms in total. The number of benzene rings is 2. The number of anilines is 1. The Kier molecular flexibility index (Phi) is 4.89. The number of allylic oxidation sites excluding steroid dienone is 1. The van der Waals surface area contributed by atoms with Crippen LogP contribution in [-0.4, -0.2) is 23.8 Å². The number of ether oxygens (including phenoxy) is 2. The van der Waals surface area contributed by atoms with Crippen molar-refractivity contribution >= 4 is 23.3 Å². The molecule has 4 rings (SSSR count). The van der Waals surface area contributed by atoms with Crippen molar-refractivity contribution in [3.63, 3.8) is 0 Å². The minimum absolute atomic E-state index is 0.0334. The van der Waals surface area contributed by atoms with E-state index in [4.69, 9.17) is 15.2 Å². The number of Topliss-reactive ketones (excluding diaryl/α,β-unsaturated/α-hetero) is 1. The van der Waals surface area contributed by atoms with Gasteiger partial charge in [0.25, 0.3) is 0 Å². The van der Waals surface area contributed by atoms with Crippen molar-refractivity contribution < 1.29 is 23.9 Å². The first-order valence-corrected chi connectivity index (χ1v) is 9.89. The van der Waals surface area contributed by atoms with Gasteiger partial charge < -0.3 is 20.5 Å². The maximum absolute atomic E-state index is 13.7. The van der Waals surface area contributed by atoms with E-state index in [2.05, 4.69) is 5.32 Å². The Hall–Kier alpha value is -3.87. The van der Waals surface area contributed by atoms with Gasteiger partial charge in [-0.15, -0.1) is 0 Å². The number of carbonyl (C=O) groups is 3. The van der Waals surface area contributed by atoms with Crippen LogP contribution in [0.1, 0.15) is 36.7 Å². The molecule has 0 aliphatic carbocycles. The van der Waals surface area contributed by atoms with Gasteiger partial charge in [0.15, 0.2) is 5.78 Å². The number of hydrogen-bond acceptors (Lipinski definition) is 6. The zero-order chi connectivity index (χ0) is 22.3. The lowest BCUT2D eigenvalue weighted by Gasteiger charge is -2.36. The summed E-state index contributed by atoms with van der Waals surface area (Å²) in [6.45, 7) is 4.93. The van der Waals surface area contributed by atoms with Crippen LogP contribution in [0, 0.1) is 0 Å². The molecule has 1 atom stereocenters. The smallest absolute Gasteiger partial charge is 0.341 e. The third kappa shape index (κ3) is 3.01. The molecule has 31 heavy (non-hydrogen) atoms. The standard InChI is InChI=1S/C24H22N2O5/c1-13(2)30-22(28)19-21(25)31-14(3)18(20(27)15-9-5-4-6-10-15)24(19)16-11-7-8-12-17(16)26-23(24)29/h4-13H,25H2,1-3H3,(H,26,29). The molecule has 0 radical (unpaired) electrons. The summed E-state index contributed by atoms with van der Waals surface area (Å²) in [4.78, 5) is 40.5. The summed E-state index contributed by atoms with van der Waals surface area (Å²) in [6, 6.07) is 15.4. The molecule has 0 saturated carbocycles. The summed E-state index contributed by atoms with van der Waals surface area (Å²) in [7, 11) is 0. The van der Waals surface area contributed by atoms with E-state index < -0.39 is 29.2 Å². The molecule has 0 aromatic heterocycles. The molecule has 2 aromatic carbocycles. The van der Waals surface area contributed by atoms with Crippen LogP contribution >= 0.6 is 0 Å². The van der Waals surface area contributed by atoms with Gasteiger partial charge in [-0.05, 0) is 26.8 Å². The Balaban J connectivity index is 2.04. The zero-order valence-electron chi connectivity index (χ0n) is 17.4. The SMILES string of the molecule is CC1=C(C(=O)c2ccccc2)C2(C(=O)Nc3ccccc32)C(C(=O)OC(C)C)=C(N)O1. The second-order valence-electron chi connectivity index (χ2n) is 7.67. The predicted molar refractivity (Wildman–Crippen MR) is 114 cm³/mol. The van der Waals surface area contributed by atoms with Gasteiger partial charge in [0.2, 0.25) is 11.8 Å². The molecule has 2 aromatic rings. The number of fused-ring (bicyclic) bond motifs is 2. The topological polar surface area (TPSA) is 108 Å². The van der Waals surface area contributed by atoms with E-state index in [0.29, 0.717) is 16.8 Å². The number of hydrogen-bond donors (Lipinski definition) is 2. The lowest BCUT2D eigenvalue weighted by Crippen LogP contribution is -2.48. The number of nitrogens with one attached hydrogen (secondary N) is 1. The van der Waals surface area contributed by atoms with Gasteiger partial charge in [0, 0.05) is 16.8 Å². The Labute approximate surface area is 179 Å². The molecule has 7 heteroatoms. The Morgan fingerprint density at radius 1 is 1.03 bits per heavy atom. The van der Waals surface area contributed by atoms with Crippen LogP contribution in [0.4, 0.5) is 5.69 Å². The second-order valence-corrected chi connectivity index (χ2v) is 7.67. The minimum atomic E-state index is -1.79. The van der Waals surface area contributed by atoms with Crippen molar-refractivity contribution in [2.45, 2.75) is 32.3 Å². The van der Waals surface area contributed by atoms with Crippen LogP contribution in [0.2, 0.25) is 0 Å². The average molecular weight is 418 g/mol. The Morgan fingerprint density at radius 2 is 1.68 bits per heavy atom. The molecular weight excluding hydrogens is 396 g/mol. The summed E-state index contributed by atoms with van der Waals surface area (Å²) in [5, 5.41) is 2.80. The van der Waals surface area contributed by atoms with E-state index in [9.17, 15) is 14.4 Å². The molecule has 3 N–H and O–H groups in total. The minimum Gasteiger partial charge on any atom is -0.459 e. The molecule has 2 aliphatic rings. The summed E-state index contributed by atoms with van der Waals surface area (Å²) in [5.74, 6) is -1.93.